The molecule has 1 rings (SSSR count). The molecule has 0 spiro atoms. The molecule has 3 heteroatoms. The zero-order valence-electron chi connectivity index (χ0n) is 8.35. The lowest BCUT2D eigenvalue weighted by Gasteiger charge is -2.25. The van der Waals surface area contributed by atoms with Gasteiger partial charge in [0.15, 0.2) is 0 Å². The Balaban J connectivity index is 2.74. The second-order valence-corrected chi connectivity index (χ2v) is 3.95. The van der Waals surface area contributed by atoms with Crippen molar-refractivity contribution in [2.75, 3.05) is 7.05 Å². The van der Waals surface area contributed by atoms with E-state index in [2.05, 4.69) is 5.32 Å². The van der Waals surface area contributed by atoms with Crippen molar-refractivity contribution in [2.24, 2.45) is 5.41 Å². The first-order valence-electron chi connectivity index (χ1n) is 4.82. The van der Waals surface area contributed by atoms with E-state index in [0.717, 1.165) is 25.7 Å². The lowest BCUT2D eigenvalue weighted by Crippen LogP contribution is -2.38. The maximum atomic E-state index is 11.6. The molecular weight excluding hydrogens is 166 g/mol. The number of nitrogens with one attached hydrogen (secondary N) is 1. The summed E-state index contributed by atoms with van der Waals surface area (Å²) >= 11 is 0. The van der Waals surface area contributed by atoms with Crippen molar-refractivity contribution in [3.63, 3.8) is 0 Å². The maximum Gasteiger partial charge on any atom is 0.226 e. The van der Waals surface area contributed by atoms with E-state index >= 15 is 0 Å². The first-order chi connectivity index (χ1) is 6.10. The topological polar surface area (TPSA) is 46.2 Å². The van der Waals surface area contributed by atoms with E-state index in [0.29, 0.717) is 6.42 Å². The normalized spacial score (nSPS) is 19.8. The predicted molar refractivity (Wildman–Crippen MR) is 50.3 cm³/mol. The van der Waals surface area contributed by atoms with Gasteiger partial charge in [-0.3, -0.25) is 9.59 Å². The third-order valence-electron chi connectivity index (χ3n) is 2.86. The Morgan fingerprint density at radius 1 is 1.31 bits per heavy atom. The molecule has 0 saturated heterocycles. The van der Waals surface area contributed by atoms with Gasteiger partial charge in [-0.25, -0.2) is 0 Å². The maximum absolute atomic E-state index is 11.6. The smallest absolute Gasteiger partial charge is 0.226 e. The third kappa shape index (κ3) is 2.08. The molecule has 0 radical (unpaired) electrons. The van der Waals surface area contributed by atoms with Gasteiger partial charge in [0.1, 0.15) is 5.78 Å². The molecule has 0 aromatic rings. The largest absolute Gasteiger partial charge is 0.359 e. The lowest BCUT2D eigenvalue weighted by atomic mass is 9.80. The summed E-state index contributed by atoms with van der Waals surface area (Å²) in [6.07, 6.45) is 4.28. The summed E-state index contributed by atoms with van der Waals surface area (Å²) in [7, 11) is 1.64. The van der Waals surface area contributed by atoms with Crippen LogP contribution in [0, 0.1) is 5.41 Å². The Kier molecular flexibility index (Phi) is 3.07. The Morgan fingerprint density at radius 2 is 1.85 bits per heavy atom. The van der Waals surface area contributed by atoms with Crippen molar-refractivity contribution >= 4 is 11.7 Å². The minimum absolute atomic E-state index is 0.0419. The molecule has 0 aromatic carbocycles. The second-order valence-electron chi connectivity index (χ2n) is 3.95. The van der Waals surface area contributed by atoms with Crippen LogP contribution in [0.15, 0.2) is 0 Å². The summed E-state index contributed by atoms with van der Waals surface area (Å²) < 4.78 is 0. The summed E-state index contributed by atoms with van der Waals surface area (Å²) in [4.78, 5) is 22.7. The number of hydrogen-bond donors (Lipinski definition) is 1. The molecule has 1 N–H and O–H groups in total. The van der Waals surface area contributed by atoms with E-state index in [9.17, 15) is 9.59 Å². The van der Waals surface area contributed by atoms with Crippen LogP contribution in [0.4, 0.5) is 0 Å². The quantitative estimate of drug-likeness (QED) is 0.716. The van der Waals surface area contributed by atoms with Crippen LogP contribution in [-0.2, 0) is 9.59 Å². The molecule has 0 atom stereocenters. The molecule has 74 valence electrons. The Morgan fingerprint density at radius 3 is 2.23 bits per heavy atom. The number of hydrogen-bond acceptors (Lipinski definition) is 2. The van der Waals surface area contributed by atoms with Gasteiger partial charge in [0.25, 0.3) is 0 Å². The summed E-state index contributed by atoms with van der Waals surface area (Å²) in [5.41, 5.74) is -0.374. The predicted octanol–water partition coefficient (Wildman–Crippen LogP) is 1.27. The zero-order valence-corrected chi connectivity index (χ0v) is 8.35. The van der Waals surface area contributed by atoms with Gasteiger partial charge in [0.2, 0.25) is 5.91 Å². The average molecular weight is 183 g/mol. The minimum atomic E-state index is -0.374. The van der Waals surface area contributed by atoms with E-state index in [1.807, 2.05) is 0 Å². The number of ketones is 1. The molecule has 0 aromatic heterocycles. The standard InChI is InChI=1S/C10H17NO2/c1-8(12)7-10(9(13)11-2)5-3-4-6-10/h3-7H2,1-2H3,(H,11,13). The fourth-order valence-corrected chi connectivity index (χ4v) is 2.28. The van der Waals surface area contributed by atoms with Crippen molar-refractivity contribution in [1.82, 2.24) is 5.32 Å². The highest BCUT2D eigenvalue weighted by molar-refractivity contribution is 5.88. The Bertz CT molecular complexity index is 217. The van der Waals surface area contributed by atoms with Gasteiger partial charge in [0, 0.05) is 13.5 Å². The van der Waals surface area contributed by atoms with Crippen LogP contribution < -0.4 is 5.32 Å². The monoisotopic (exact) mass is 183 g/mol. The molecule has 13 heavy (non-hydrogen) atoms. The molecular formula is C10H17NO2. The number of Topliss-reactive ketones (excluding diaryl/α,β-unsaturated/α-hetero) is 1. The molecule has 1 aliphatic carbocycles. The Hall–Kier alpha value is -0.860. The highest BCUT2D eigenvalue weighted by Gasteiger charge is 2.41. The average Bonchev–Trinajstić information content (AvgIpc) is 2.51. The van der Waals surface area contributed by atoms with Crippen molar-refractivity contribution in [2.45, 2.75) is 39.0 Å². The van der Waals surface area contributed by atoms with Crippen LogP contribution in [0.25, 0.3) is 0 Å². The van der Waals surface area contributed by atoms with Crippen LogP contribution in [0.2, 0.25) is 0 Å². The van der Waals surface area contributed by atoms with Crippen LogP contribution in [-0.4, -0.2) is 18.7 Å². The summed E-state index contributed by atoms with van der Waals surface area (Å²) in [5.74, 6) is 0.158. The van der Waals surface area contributed by atoms with E-state index in [-0.39, 0.29) is 17.1 Å². The van der Waals surface area contributed by atoms with Crippen molar-refractivity contribution < 1.29 is 9.59 Å². The molecule has 0 unspecified atom stereocenters. The van der Waals surface area contributed by atoms with Crippen molar-refractivity contribution in [3.05, 3.63) is 0 Å². The van der Waals surface area contributed by atoms with Gasteiger partial charge in [-0.15, -0.1) is 0 Å². The summed E-state index contributed by atoms with van der Waals surface area (Å²) in [5, 5.41) is 2.66. The highest BCUT2D eigenvalue weighted by Crippen LogP contribution is 2.41. The molecule has 0 aliphatic heterocycles. The number of carbonyl (C=O) groups excluding carboxylic acids is 2. The van der Waals surface area contributed by atoms with E-state index in [1.54, 1.807) is 14.0 Å². The third-order valence-corrected chi connectivity index (χ3v) is 2.86. The minimum Gasteiger partial charge on any atom is -0.359 e. The molecule has 1 amide bonds. The fourth-order valence-electron chi connectivity index (χ4n) is 2.28. The first-order valence-corrected chi connectivity index (χ1v) is 4.82. The highest BCUT2D eigenvalue weighted by atomic mass is 16.2. The van der Waals surface area contributed by atoms with Gasteiger partial charge < -0.3 is 5.32 Å². The molecule has 1 aliphatic rings. The van der Waals surface area contributed by atoms with Crippen LogP contribution in [0.3, 0.4) is 0 Å². The van der Waals surface area contributed by atoms with Gasteiger partial charge in [-0.2, -0.15) is 0 Å². The molecule has 1 saturated carbocycles. The van der Waals surface area contributed by atoms with E-state index in [1.165, 1.54) is 0 Å². The molecule has 0 heterocycles. The first kappa shape index (κ1) is 10.2. The lowest BCUT2D eigenvalue weighted by molar-refractivity contribution is -0.134. The van der Waals surface area contributed by atoms with Gasteiger partial charge in [-0.05, 0) is 19.8 Å². The van der Waals surface area contributed by atoms with E-state index in [4.69, 9.17) is 0 Å². The molecule has 3 nitrogen and oxygen atoms in total. The van der Waals surface area contributed by atoms with Crippen LogP contribution in [0.5, 0.6) is 0 Å². The van der Waals surface area contributed by atoms with Crippen molar-refractivity contribution in [3.8, 4) is 0 Å². The zero-order chi connectivity index (χ0) is 9.90. The Labute approximate surface area is 78.9 Å². The molecule has 1 fully saturated rings. The fraction of sp³-hybridized carbons (Fsp3) is 0.800. The van der Waals surface area contributed by atoms with Crippen LogP contribution in [0.1, 0.15) is 39.0 Å². The summed E-state index contributed by atoms with van der Waals surface area (Å²) in [6.45, 7) is 1.56. The van der Waals surface area contributed by atoms with Crippen LogP contribution >= 0.6 is 0 Å². The van der Waals surface area contributed by atoms with Gasteiger partial charge in [-0.1, -0.05) is 12.8 Å². The number of amides is 1. The van der Waals surface area contributed by atoms with Gasteiger partial charge >= 0.3 is 0 Å². The SMILES string of the molecule is CNC(=O)C1(CC(C)=O)CCCC1. The number of rotatable bonds is 3. The van der Waals surface area contributed by atoms with Gasteiger partial charge in [0.05, 0.1) is 5.41 Å². The van der Waals surface area contributed by atoms with E-state index < -0.39 is 0 Å². The molecule has 0 bridgehead atoms. The number of carbonyl (C=O) groups is 2. The van der Waals surface area contributed by atoms with Crippen molar-refractivity contribution in [1.29, 1.82) is 0 Å². The summed E-state index contributed by atoms with van der Waals surface area (Å²) in [6, 6.07) is 0. The second kappa shape index (κ2) is 3.90.